The Morgan fingerprint density at radius 1 is 1.14 bits per heavy atom. The molecular weight excluding hydrogens is 321 g/mol. The van der Waals surface area contributed by atoms with Gasteiger partial charge in [0.2, 0.25) is 0 Å². The van der Waals surface area contributed by atoms with E-state index in [1.54, 1.807) is 0 Å². The van der Waals surface area contributed by atoms with Crippen LogP contribution in [0.1, 0.15) is 19.3 Å². The lowest BCUT2D eigenvalue weighted by molar-refractivity contribution is -0.138. The third-order valence-corrected chi connectivity index (χ3v) is 4.22. The molecule has 0 aliphatic carbocycles. The quantitative estimate of drug-likeness (QED) is 0.204. The molecule has 8 N–H and O–H groups in total. The molecule has 0 aromatic rings. The molecule has 11 heteroatoms. The van der Waals surface area contributed by atoms with Crippen molar-refractivity contribution in [3.63, 3.8) is 0 Å². The lowest BCUT2D eigenvalue weighted by atomic mass is 10.2. The zero-order valence-electron chi connectivity index (χ0n) is 11.7. The maximum absolute atomic E-state index is 10.3. The second-order valence-electron chi connectivity index (χ2n) is 3.85. The Balaban J connectivity index is 0. The highest BCUT2D eigenvalue weighted by molar-refractivity contribution is 8.54. The molecule has 0 heterocycles. The van der Waals surface area contributed by atoms with Gasteiger partial charge in [0.05, 0.1) is 13.0 Å². The number of nitrogens with two attached hydrogens (primary N) is 2. The number of carbonyl (C=O) groups excluding carboxylic acids is 1. The molecule has 0 saturated carbocycles. The Morgan fingerprint density at radius 3 is 2.19 bits per heavy atom. The van der Waals surface area contributed by atoms with Crippen LogP contribution in [0.2, 0.25) is 0 Å². The predicted molar refractivity (Wildman–Crippen MR) is 82.0 cm³/mol. The molecule has 0 unspecified atom stereocenters. The molecule has 126 valence electrons. The number of nitrogens with one attached hydrogen (secondary N) is 1. The van der Waals surface area contributed by atoms with Gasteiger partial charge < -0.3 is 31.7 Å². The Labute approximate surface area is 127 Å². The largest absolute Gasteiger partial charge is 0.481 e. The highest BCUT2D eigenvalue weighted by atomic mass is 32.7. The van der Waals surface area contributed by atoms with Gasteiger partial charge in [-0.05, 0) is 30.9 Å². The number of ketones is 1. The van der Waals surface area contributed by atoms with E-state index in [0.29, 0.717) is 30.2 Å². The van der Waals surface area contributed by atoms with E-state index < -0.39 is 12.8 Å². The van der Waals surface area contributed by atoms with Gasteiger partial charge >= 0.3 is 12.8 Å². The minimum atomic E-state index is -3.87. The Bertz CT molecular complexity index is 339. The maximum atomic E-state index is 10.3. The average molecular weight is 345 g/mol. The van der Waals surface area contributed by atoms with Crippen molar-refractivity contribution in [2.45, 2.75) is 19.3 Å². The van der Waals surface area contributed by atoms with E-state index in [-0.39, 0.29) is 25.2 Å². The van der Waals surface area contributed by atoms with Gasteiger partial charge in [0.1, 0.15) is 5.78 Å². The summed E-state index contributed by atoms with van der Waals surface area (Å²) in [5.41, 5.74) is 10.2. The normalized spacial score (nSPS) is 10.7. The van der Waals surface area contributed by atoms with E-state index in [2.05, 4.69) is 5.32 Å². The zero-order valence-corrected chi connectivity index (χ0v) is 13.4. The standard InChI is InChI=1S/C5H15N2O3PS.C5H9NO3/c6-2-1-3-7-4-5-12-11(8,9)10;6-3-4(7)1-2-5(8)9/h7H,1-6H2,(H2,8,9,10);1-3,6H2,(H,8,9). The molecule has 0 spiro atoms. The summed E-state index contributed by atoms with van der Waals surface area (Å²) in [6.07, 6.45) is 0.822. The van der Waals surface area contributed by atoms with Gasteiger partial charge in [-0.3, -0.25) is 9.59 Å². The number of hydrogen-bond donors (Lipinski definition) is 6. The fourth-order valence-electron chi connectivity index (χ4n) is 0.937. The molecule has 0 atom stereocenters. The van der Waals surface area contributed by atoms with Crippen molar-refractivity contribution in [2.75, 3.05) is 31.9 Å². The molecule has 9 nitrogen and oxygen atoms in total. The smallest absolute Gasteiger partial charge is 0.384 e. The Hall–Kier alpha value is -0.480. The van der Waals surface area contributed by atoms with Gasteiger partial charge in [-0.2, -0.15) is 0 Å². The number of carboxylic acid groups (broad SMARTS) is 1. The van der Waals surface area contributed by atoms with Gasteiger partial charge in [0.25, 0.3) is 0 Å². The summed E-state index contributed by atoms with van der Waals surface area (Å²) in [5, 5.41) is 11.1. The minimum Gasteiger partial charge on any atom is -0.481 e. The van der Waals surface area contributed by atoms with Crippen LogP contribution in [0.25, 0.3) is 0 Å². The third kappa shape index (κ3) is 24.9. The molecule has 0 rings (SSSR count). The first-order valence-electron chi connectivity index (χ1n) is 6.27. The SMILES string of the molecule is NCC(=O)CCC(=O)O.NCCCNCCSP(=O)(O)O. The van der Waals surface area contributed by atoms with Gasteiger partial charge in [0, 0.05) is 18.7 Å². The Kier molecular flexibility index (Phi) is 15.7. The van der Waals surface area contributed by atoms with Crippen molar-refractivity contribution in [2.24, 2.45) is 11.5 Å². The lowest BCUT2D eigenvalue weighted by Gasteiger charge is -2.04. The van der Waals surface area contributed by atoms with Crippen LogP contribution in [0.5, 0.6) is 0 Å². The number of rotatable bonds is 11. The molecular formula is C10H24N3O6PS. The number of aliphatic carboxylic acids is 1. The number of Topliss-reactive ketones (excluding diaryl/α,β-unsaturated/α-hetero) is 1. The third-order valence-electron chi connectivity index (χ3n) is 1.94. The summed E-state index contributed by atoms with van der Waals surface area (Å²) in [6, 6.07) is 0. The van der Waals surface area contributed by atoms with E-state index in [9.17, 15) is 14.2 Å². The van der Waals surface area contributed by atoms with Crippen LogP contribution < -0.4 is 16.8 Å². The number of carbonyl (C=O) groups is 2. The summed E-state index contributed by atoms with van der Waals surface area (Å²) < 4.78 is 10.3. The summed E-state index contributed by atoms with van der Waals surface area (Å²) in [7, 11) is 0. The van der Waals surface area contributed by atoms with E-state index in [4.69, 9.17) is 26.4 Å². The molecule has 0 aliphatic rings. The van der Waals surface area contributed by atoms with Crippen LogP contribution in [0.15, 0.2) is 0 Å². The van der Waals surface area contributed by atoms with E-state index in [1.807, 2.05) is 0 Å². The topological polar surface area (TPSA) is 176 Å². The van der Waals surface area contributed by atoms with Crippen LogP contribution >= 0.6 is 18.2 Å². The zero-order chi connectivity index (χ0) is 16.7. The minimum absolute atomic E-state index is 0.0475. The van der Waals surface area contributed by atoms with Crippen LogP contribution in [0.4, 0.5) is 0 Å². The molecule has 0 fully saturated rings. The number of hydrogen-bond acceptors (Lipinski definition) is 7. The second kappa shape index (κ2) is 14.5. The fraction of sp³-hybridized carbons (Fsp3) is 0.800. The van der Waals surface area contributed by atoms with Gasteiger partial charge in [0.15, 0.2) is 0 Å². The van der Waals surface area contributed by atoms with E-state index >= 15 is 0 Å². The average Bonchev–Trinajstić information content (AvgIpc) is 2.39. The molecule has 0 saturated heterocycles. The monoisotopic (exact) mass is 345 g/mol. The van der Waals surface area contributed by atoms with Crippen molar-refractivity contribution in [1.82, 2.24) is 5.32 Å². The molecule has 0 amide bonds. The highest BCUT2D eigenvalue weighted by Gasteiger charge is 2.11. The summed E-state index contributed by atoms with van der Waals surface area (Å²) in [5.74, 6) is -0.747. The predicted octanol–water partition coefficient (Wildman–Crippen LogP) is -0.870. The second-order valence-corrected chi connectivity index (χ2v) is 7.70. The van der Waals surface area contributed by atoms with Crippen molar-refractivity contribution < 1.29 is 29.0 Å². The molecule has 0 radical (unpaired) electrons. The highest BCUT2D eigenvalue weighted by Crippen LogP contribution is 2.49. The first-order valence-corrected chi connectivity index (χ1v) is 9.47. The summed E-state index contributed by atoms with van der Waals surface area (Å²) in [4.78, 5) is 37.0. The van der Waals surface area contributed by atoms with Crippen LogP contribution in [0.3, 0.4) is 0 Å². The number of carboxylic acids is 1. The first kappa shape index (κ1) is 22.8. The van der Waals surface area contributed by atoms with E-state index in [1.165, 1.54) is 0 Å². The van der Waals surface area contributed by atoms with Crippen molar-refractivity contribution in [3.8, 4) is 0 Å². The molecule has 0 bridgehead atoms. The van der Waals surface area contributed by atoms with Crippen LogP contribution in [-0.2, 0) is 14.2 Å². The fourth-order valence-corrected chi connectivity index (χ4v) is 2.40. The van der Waals surface area contributed by atoms with E-state index in [0.717, 1.165) is 13.0 Å². The summed E-state index contributed by atoms with van der Waals surface area (Å²) >= 11 is 0.665. The van der Waals surface area contributed by atoms with Crippen molar-refractivity contribution in [3.05, 3.63) is 0 Å². The summed E-state index contributed by atoms with van der Waals surface area (Å²) in [6.45, 7) is -1.88. The lowest BCUT2D eigenvalue weighted by Crippen LogP contribution is -2.20. The van der Waals surface area contributed by atoms with Gasteiger partial charge in [-0.25, -0.2) is 4.57 Å². The van der Waals surface area contributed by atoms with Crippen LogP contribution in [-0.4, -0.2) is 58.6 Å². The van der Waals surface area contributed by atoms with Gasteiger partial charge in [-0.1, -0.05) is 0 Å². The molecule has 0 aromatic carbocycles. The first-order chi connectivity index (χ1) is 9.72. The van der Waals surface area contributed by atoms with Crippen molar-refractivity contribution >= 4 is 29.9 Å². The van der Waals surface area contributed by atoms with Crippen LogP contribution in [0, 0.1) is 0 Å². The molecule has 0 aliphatic heterocycles. The maximum Gasteiger partial charge on any atom is 0.384 e. The van der Waals surface area contributed by atoms with Crippen molar-refractivity contribution in [1.29, 1.82) is 0 Å². The molecule has 0 aromatic heterocycles. The Morgan fingerprint density at radius 2 is 1.76 bits per heavy atom. The molecule has 21 heavy (non-hydrogen) atoms. The van der Waals surface area contributed by atoms with Gasteiger partial charge in [-0.15, -0.1) is 0 Å².